The van der Waals surface area contributed by atoms with E-state index in [9.17, 15) is 4.79 Å². The molecule has 0 bridgehead atoms. The van der Waals surface area contributed by atoms with Crippen LogP contribution in [0, 0.1) is 29.6 Å². The van der Waals surface area contributed by atoms with E-state index >= 15 is 0 Å². The highest BCUT2D eigenvalue weighted by molar-refractivity contribution is 5.81. The second kappa shape index (κ2) is 8.17. The van der Waals surface area contributed by atoms with Crippen molar-refractivity contribution in [1.82, 2.24) is 0 Å². The standard InChI is InChI=1S/C18H35NO/c1-12(2)10-15(19)7-9-18(20)17-11-14(5)6-8-16(17)13(3)4/h12-17H,6-11,19H2,1-5H3/t14-,15-,16+,17-/m1/s1. The largest absolute Gasteiger partial charge is 0.328 e. The maximum absolute atomic E-state index is 12.6. The molecule has 0 aromatic carbocycles. The number of nitrogens with two attached hydrogens (primary N) is 1. The summed E-state index contributed by atoms with van der Waals surface area (Å²) >= 11 is 0. The zero-order valence-electron chi connectivity index (χ0n) is 14.2. The van der Waals surface area contributed by atoms with E-state index in [1.807, 2.05) is 0 Å². The number of carbonyl (C=O) groups is 1. The molecule has 0 spiro atoms. The molecule has 2 heteroatoms. The normalized spacial score (nSPS) is 28.9. The summed E-state index contributed by atoms with van der Waals surface area (Å²) in [4.78, 5) is 12.6. The van der Waals surface area contributed by atoms with Gasteiger partial charge in [-0.1, -0.05) is 41.0 Å². The van der Waals surface area contributed by atoms with Gasteiger partial charge >= 0.3 is 0 Å². The first-order valence-electron chi connectivity index (χ1n) is 8.59. The lowest BCUT2D eigenvalue weighted by Crippen LogP contribution is -2.34. The van der Waals surface area contributed by atoms with Crippen LogP contribution in [0.4, 0.5) is 0 Å². The van der Waals surface area contributed by atoms with Crippen LogP contribution in [0.5, 0.6) is 0 Å². The molecule has 2 nitrogen and oxygen atoms in total. The van der Waals surface area contributed by atoms with E-state index < -0.39 is 0 Å². The van der Waals surface area contributed by atoms with Crippen LogP contribution >= 0.6 is 0 Å². The molecule has 0 radical (unpaired) electrons. The molecule has 0 heterocycles. The minimum Gasteiger partial charge on any atom is -0.328 e. The van der Waals surface area contributed by atoms with Crippen LogP contribution < -0.4 is 5.73 Å². The summed E-state index contributed by atoms with van der Waals surface area (Å²) in [7, 11) is 0. The molecule has 1 fully saturated rings. The Hall–Kier alpha value is -0.370. The van der Waals surface area contributed by atoms with Gasteiger partial charge in [-0.15, -0.1) is 0 Å². The Labute approximate surface area is 125 Å². The molecule has 1 saturated carbocycles. The van der Waals surface area contributed by atoms with Gasteiger partial charge < -0.3 is 5.73 Å². The summed E-state index contributed by atoms with van der Waals surface area (Å²) < 4.78 is 0. The molecular weight excluding hydrogens is 246 g/mol. The lowest BCUT2D eigenvalue weighted by atomic mass is 9.68. The van der Waals surface area contributed by atoms with Gasteiger partial charge in [-0.2, -0.15) is 0 Å². The van der Waals surface area contributed by atoms with Crippen LogP contribution in [-0.2, 0) is 4.79 Å². The van der Waals surface area contributed by atoms with Crippen LogP contribution in [0.1, 0.15) is 73.1 Å². The lowest BCUT2D eigenvalue weighted by Gasteiger charge is -2.36. The van der Waals surface area contributed by atoms with Crippen molar-refractivity contribution in [2.75, 3.05) is 0 Å². The van der Waals surface area contributed by atoms with Gasteiger partial charge in [0.15, 0.2) is 0 Å². The maximum Gasteiger partial charge on any atom is 0.136 e. The van der Waals surface area contributed by atoms with Crippen LogP contribution in [0.3, 0.4) is 0 Å². The van der Waals surface area contributed by atoms with Gasteiger partial charge in [0.05, 0.1) is 0 Å². The first-order chi connectivity index (χ1) is 9.31. The van der Waals surface area contributed by atoms with Crippen molar-refractivity contribution < 1.29 is 4.79 Å². The topological polar surface area (TPSA) is 43.1 Å². The third-order valence-corrected chi connectivity index (χ3v) is 4.97. The Morgan fingerprint density at radius 3 is 2.40 bits per heavy atom. The van der Waals surface area contributed by atoms with E-state index in [2.05, 4.69) is 34.6 Å². The molecule has 118 valence electrons. The van der Waals surface area contributed by atoms with E-state index in [0.717, 1.165) is 19.3 Å². The summed E-state index contributed by atoms with van der Waals surface area (Å²) in [5, 5.41) is 0. The summed E-state index contributed by atoms with van der Waals surface area (Å²) in [6, 6.07) is 0.192. The van der Waals surface area contributed by atoms with Gasteiger partial charge in [-0.05, 0) is 49.4 Å². The minimum absolute atomic E-state index is 0.192. The van der Waals surface area contributed by atoms with Crippen molar-refractivity contribution in [3.05, 3.63) is 0 Å². The summed E-state index contributed by atoms with van der Waals surface area (Å²) in [6.07, 6.45) is 6.21. The van der Waals surface area contributed by atoms with Crippen molar-refractivity contribution in [2.24, 2.45) is 35.3 Å². The monoisotopic (exact) mass is 281 g/mol. The molecule has 0 aromatic heterocycles. The first-order valence-corrected chi connectivity index (χ1v) is 8.59. The Balaban J connectivity index is 2.50. The van der Waals surface area contributed by atoms with Crippen molar-refractivity contribution in [3.8, 4) is 0 Å². The highest BCUT2D eigenvalue weighted by atomic mass is 16.1. The summed E-state index contributed by atoms with van der Waals surface area (Å²) in [6.45, 7) is 11.2. The summed E-state index contributed by atoms with van der Waals surface area (Å²) in [5.74, 6) is 3.33. The van der Waals surface area contributed by atoms with Crippen molar-refractivity contribution in [2.45, 2.75) is 79.2 Å². The number of hydrogen-bond donors (Lipinski definition) is 1. The highest BCUT2D eigenvalue weighted by Crippen LogP contribution is 2.39. The summed E-state index contributed by atoms with van der Waals surface area (Å²) in [5.41, 5.74) is 6.12. The highest BCUT2D eigenvalue weighted by Gasteiger charge is 2.34. The fraction of sp³-hybridized carbons (Fsp3) is 0.944. The minimum atomic E-state index is 0.192. The second-order valence-corrected chi connectivity index (χ2v) is 7.83. The van der Waals surface area contributed by atoms with E-state index in [4.69, 9.17) is 5.73 Å². The van der Waals surface area contributed by atoms with Gasteiger partial charge in [-0.25, -0.2) is 0 Å². The van der Waals surface area contributed by atoms with Gasteiger partial charge in [0.25, 0.3) is 0 Å². The van der Waals surface area contributed by atoms with Gasteiger partial charge in [-0.3, -0.25) is 4.79 Å². The number of rotatable bonds is 7. The number of carbonyl (C=O) groups excluding carboxylic acids is 1. The molecule has 0 amide bonds. The van der Waals surface area contributed by atoms with Gasteiger partial charge in [0.1, 0.15) is 5.78 Å². The molecule has 1 aliphatic carbocycles. The van der Waals surface area contributed by atoms with E-state index in [1.54, 1.807) is 0 Å². The van der Waals surface area contributed by atoms with E-state index in [-0.39, 0.29) is 6.04 Å². The Bertz CT molecular complexity index is 298. The average molecular weight is 281 g/mol. The number of ketones is 1. The van der Waals surface area contributed by atoms with Crippen LogP contribution in [0.15, 0.2) is 0 Å². The molecule has 0 aromatic rings. The molecule has 4 atom stereocenters. The molecule has 0 aliphatic heterocycles. The predicted octanol–water partition coefficient (Wildman–Crippen LogP) is 4.42. The lowest BCUT2D eigenvalue weighted by molar-refractivity contribution is -0.127. The SMILES string of the molecule is CC(C)C[C@H](N)CCC(=O)[C@@H]1C[C@H](C)CC[C@H]1C(C)C. The quantitative estimate of drug-likeness (QED) is 0.750. The van der Waals surface area contributed by atoms with Gasteiger partial charge in [0, 0.05) is 18.4 Å². The Kier molecular flexibility index (Phi) is 7.22. The zero-order valence-corrected chi connectivity index (χ0v) is 14.2. The third-order valence-electron chi connectivity index (χ3n) is 4.97. The predicted molar refractivity (Wildman–Crippen MR) is 86.5 cm³/mol. The fourth-order valence-electron chi connectivity index (χ4n) is 3.81. The van der Waals surface area contributed by atoms with Crippen LogP contribution in [0.2, 0.25) is 0 Å². The Morgan fingerprint density at radius 2 is 1.85 bits per heavy atom. The van der Waals surface area contributed by atoms with Crippen molar-refractivity contribution in [1.29, 1.82) is 0 Å². The second-order valence-electron chi connectivity index (χ2n) is 7.83. The maximum atomic E-state index is 12.6. The first kappa shape index (κ1) is 17.7. The molecule has 0 saturated heterocycles. The number of hydrogen-bond acceptors (Lipinski definition) is 2. The average Bonchev–Trinajstić information content (AvgIpc) is 2.34. The molecule has 0 unspecified atom stereocenters. The van der Waals surface area contributed by atoms with E-state index in [1.165, 1.54) is 12.8 Å². The Morgan fingerprint density at radius 1 is 1.20 bits per heavy atom. The van der Waals surface area contributed by atoms with Crippen molar-refractivity contribution in [3.63, 3.8) is 0 Å². The number of Topliss-reactive ketones (excluding diaryl/α,β-unsaturated/α-hetero) is 1. The molecule has 2 N–H and O–H groups in total. The fourth-order valence-corrected chi connectivity index (χ4v) is 3.81. The van der Waals surface area contributed by atoms with Crippen LogP contribution in [-0.4, -0.2) is 11.8 Å². The van der Waals surface area contributed by atoms with Crippen molar-refractivity contribution >= 4 is 5.78 Å². The van der Waals surface area contributed by atoms with Crippen LogP contribution in [0.25, 0.3) is 0 Å². The van der Waals surface area contributed by atoms with Gasteiger partial charge in [0.2, 0.25) is 0 Å². The molecule has 20 heavy (non-hydrogen) atoms. The third kappa shape index (κ3) is 5.55. The molecular formula is C18H35NO. The smallest absolute Gasteiger partial charge is 0.136 e. The molecule has 1 rings (SSSR count). The zero-order chi connectivity index (χ0) is 15.3. The van der Waals surface area contributed by atoms with E-state index in [0.29, 0.717) is 41.8 Å². The molecule has 1 aliphatic rings.